The van der Waals surface area contributed by atoms with Crippen LogP contribution in [0.25, 0.3) is 0 Å². The van der Waals surface area contributed by atoms with Crippen molar-refractivity contribution in [3.63, 3.8) is 0 Å². The van der Waals surface area contributed by atoms with Crippen LogP contribution in [0.2, 0.25) is 0 Å². The lowest BCUT2D eigenvalue weighted by Crippen LogP contribution is -1.90. The number of rotatable bonds is 0. The Bertz CT molecular complexity index is 197. The highest BCUT2D eigenvalue weighted by Crippen LogP contribution is 2.18. The van der Waals surface area contributed by atoms with E-state index in [0.717, 1.165) is 13.0 Å². The SMILES string of the molecule is c1cc2c(cn1)CCN2. The van der Waals surface area contributed by atoms with Crippen molar-refractivity contribution in [1.82, 2.24) is 4.98 Å². The van der Waals surface area contributed by atoms with E-state index in [9.17, 15) is 0 Å². The minimum Gasteiger partial charge on any atom is -0.384 e. The van der Waals surface area contributed by atoms with Crippen LogP contribution in [0.3, 0.4) is 0 Å². The lowest BCUT2D eigenvalue weighted by Gasteiger charge is -1.93. The highest BCUT2D eigenvalue weighted by Gasteiger charge is 2.06. The van der Waals surface area contributed by atoms with Gasteiger partial charge in [0.15, 0.2) is 0 Å². The maximum atomic E-state index is 4.02. The Labute approximate surface area is 53.9 Å². The van der Waals surface area contributed by atoms with E-state index in [1.807, 2.05) is 18.5 Å². The molecule has 0 atom stereocenters. The molecule has 2 rings (SSSR count). The van der Waals surface area contributed by atoms with Gasteiger partial charge in [-0.05, 0) is 18.1 Å². The number of hydrogen-bond acceptors (Lipinski definition) is 2. The van der Waals surface area contributed by atoms with Crippen LogP contribution < -0.4 is 5.32 Å². The van der Waals surface area contributed by atoms with Crippen molar-refractivity contribution in [1.29, 1.82) is 0 Å². The molecule has 1 N–H and O–H groups in total. The van der Waals surface area contributed by atoms with E-state index < -0.39 is 0 Å². The summed E-state index contributed by atoms with van der Waals surface area (Å²) in [6.45, 7) is 1.07. The molecule has 0 aliphatic carbocycles. The van der Waals surface area contributed by atoms with Gasteiger partial charge in [0.05, 0.1) is 0 Å². The second-order valence-corrected chi connectivity index (χ2v) is 2.21. The number of anilines is 1. The quantitative estimate of drug-likeness (QED) is 0.553. The number of hydrogen-bond donors (Lipinski definition) is 1. The maximum Gasteiger partial charge on any atom is 0.0404 e. The molecule has 2 heteroatoms. The minimum absolute atomic E-state index is 1.07. The third-order valence-electron chi connectivity index (χ3n) is 1.61. The third-order valence-corrected chi connectivity index (χ3v) is 1.61. The van der Waals surface area contributed by atoms with Gasteiger partial charge < -0.3 is 5.32 Å². The summed E-state index contributed by atoms with van der Waals surface area (Å²) in [4.78, 5) is 4.02. The maximum absolute atomic E-state index is 4.02. The summed E-state index contributed by atoms with van der Waals surface area (Å²) in [6.07, 6.45) is 4.87. The Morgan fingerprint density at radius 3 is 3.44 bits per heavy atom. The summed E-state index contributed by atoms with van der Waals surface area (Å²) in [5, 5.41) is 3.26. The molecule has 0 aromatic carbocycles. The molecule has 1 aliphatic rings. The minimum atomic E-state index is 1.07. The molecular weight excluding hydrogens is 112 g/mol. The van der Waals surface area contributed by atoms with Crippen molar-refractivity contribution in [2.24, 2.45) is 0 Å². The molecule has 0 saturated carbocycles. The first-order valence-corrected chi connectivity index (χ1v) is 3.13. The largest absolute Gasteiger partial charge is 0.384 e. The molecule has 2 heterocycles. The van der Waals surface area contributed by atoms with Crippen LogP contribution in [-0.4, -0.2) is 11.5 Å². The zero-order chi connectivity index (χ0) is 6.10. The summed E-state index contributed by atoms with van der Waals surface area (Å²) < 4.78 is 0. The molecule has 1 aromatic heterocycles. The van der Waals surface area contributed by atoms with Gasteiger partial charge in [-0.2, -0.15) is 0 Å². The monoisotopic (exact) mass is 120 g/mol. The summed E-state index contributed by atoms with van der Waals surface area (Å²) in [7, 11) is 0. The van der Waals surface area contributed by atoms with Crippen LogP contribution in [0.4, 0.5) is 5.69 Å². The molecule has 0 spiro atoms. The van der Waals surface area contributed by atoms with Crippen LogP contribution in [0.5, 0.6) is 0 Å². The van der Waals surface area contributed by atoms with Gasteiger partial charge in [-0.15, -0.1) is 0 Å². The summed E-state index contributed by atoms with van der Waals surface area (Å²) in [5.41, 5.74) is 2.60. The van der Waals surface area contributed by atoms with Crippen molar-refractivity contribution in [3.8, 4) is 0 Å². The standard InChI is InChI=1S/C7H8N2/c1-4-9-7-2-3-8-5-6(1)7/h2-3,5,9H,1,4H2. The van der Waals surface area contributed by atoms with Gasteiger partial charge in [0.2, 0.25) is 0 Å². The molecule has 9 heavy (non-hydrogen) atoms. The Balaban J connectivity index is 2.54. The number of nitrogens with zero attached hydrogens (tertiary/aromatic N) is 1. The summed E-state index contributed by atoms with van der Waals surface area (Å²) in [5.74, 6) is 0. The topological polar surface area (TPSA) is 24.9 Å². The van der Waals surface area contributed by atoms with Gasteiger partial charge in [-0.25, -0.2) is 0 Å². The molecule has 0 radical (unpaired) electrons. The Hall–Kier alpha value is -1.05. The van der Waals surface area contributed by atoms with Gasteiger partial charge in [0.1, 0.15) is 0 Å². The first-order valence-electron chi connectivity index (χ1n) is 3.13. The fourth-order valence-corrected chi connectivity index (χ4v) is 1.13. The first kappa shape index (κ1) is 4.79. The first-order chi connectivity index (χ1) is 4.47. The molecule has 1 aromatic rings. The normalized spacial score (nSPS) is 14.7. The third kappa shape index (κ3) is 0.669. The van der Waals surface area contributed by atoms with Crippen molar-refractivity contribution in [2.75, 3.05) is 11.9 Å². The smallest absolute Gasteiger partial charge is 0.0404 e. The molecule has 0 amide bonds. The van der Waals surface area contributed by atoms with E-state index in [1.54, 1.807) is 0 Å². The number of pyridine rings is 1. The van der Waals surface area contributed by atoms with Crippen LogP contribution in [0.1, 0.15) is 5.56 Å². The fourth-order valence-electron chi connectivity index (χ4n) is 1.13. The molecule has 2 nitrogen and oxygen atoms in total. The number of fused-ring (bicyclic) bond motifs is 1. The lowest BCUT2D eigenvalue weighted by atomic mass is 10.2. The molecule has 0 unspecified atom stereocenters. The van der Waals surface area contributed by atoms with Crippen molar-refractivity contribution >= 4 is 5.69 Å². The highest BCUT2D eigenvalue weighted by atomic mass is 14.9. The van der Waals surface area contributed by atoms with E-state index in [1.165, 1.54) is 11.3 Å². The zero-order valence-electron chi connectivity index (χ0n) is 5.09. The van der Waals surface area contributed by atoms with E-state index in [2.05, 4.69) is 10.3 Å². The number of nitrogens with one attached hydrogen (secondary N) is 1. The fraction of sp³-hybridized carbons (Fsp3) is 0.286. The number of aromatic nitrogens is 1. The Morgan fingerprint density at radius 2 is 2.56 bits per heavy atom. The van der Waals surface area contributed by atoms with Crippen molar-refractivity contribution in [3.05, 3.63) is 24.0 Å². The van der Waals surface area contributed by atoms with Gasteiger partial charge in [0.25, 0.3) is 0 Å². The van der Waals surface area contributed by atoms with Crippen LogP contribution in [0, 0.1) is 0 Å². The Kier molecular flexibility index (Phi) is 0.918. The average Bonchev–Trinajstić information content (AvgIpc) is 2.33. The molecule has 0 fully saturated rings. The molecular formula is C7H8N2. The average molecular weight is 120 g/mol. The summed E-state index contributed by atoms with van der Waals surface area (Å²) in [6, 6.07) is 2.02. The molecule has 0 bridgehead atoms. The van der Waals surface area contributed by atoms with E-state index >= 15 is 0 Å². The van der Waals surface area contributed by atoms with Crippen LogP contribution in [-0.2, 0) is 6.42 Å². The predicted octanol–water partition coefficient (Wildman–Crippen LogP) is 1.05. The summed E-state index contributed by atoms with van der Waals surface area (Å²) >= 11 is 0. The molecule has 0 saturated heterocycles. The molecule has 1 aliphatic heterocycles. The second kappa shape index (κ2) is 1.72. The Morgan fingerprint density at radius 1 is 1.56 bits per heavy atom. The van der Waals surface area contributed by atoms with E-state index in [0.29, 0.717) is 0 Å². The van der Waals surface area contributed by atoms with Crippen molar-refractivity contribution < 1.29 is 0 Å². The van der Waals surface area contributed by atoms with Crippen LogP contribution in [0.15, 0.2) is 18.5 Å². The van der Waals surface area contributed by atoms with E-state index in [4.69, 9.17) is 0 Å². The zero-order valence-corrected chi connectivity index (χ0v) is 5.09. The van der Waals surface area contributed by atoms with Gasteiger partial charge >= 0.3 is 0 Å². The molecule has 46 valence electrons. The highest BCUT2D eigenvalue weighted by molar-refractivity contribution is 5.53. The second-order valence-electron chi connectivity index (χ2n) is 2.21. The van der Waals surface area contributed by atoms with Gasteiger partial charge in [-0.1, -0.05) is 0 Å². The van der Waals surface area contributed by atoms with Gasteiger partial charge in [0, 0.05) is 24.6 Å². The van der Waals surface area contributed by atoms with Gasteiger partial charge in [-0.3, -0.25) is 4.98 Å². The van der Waals surface area contributed by atoms with Crippen LogP contribution >= 0.6 is 0 Å². The lowest BCUT2D eigenvalue weighted by molar-refractivity contribution is 1.09. The predicted molar refractivity (Wildman–Crippen MR) is 36.4 cm³/mol. The van der Waals surface area contributed by atoms with Crippen molar-refractivity contribution in [2.45, 2.75) is 6.42 Å². The van der Waals surface area contributed by atoms with E-state index in [-0.39, 0.29) is 0 Å².